The van der Waals surface area contributed by atoms with Crippen LogP contribution in [0.25, 0.3) is 0 Å². The molecule has 160 valence electrons. The number of benzene rings is 1. The average Bonchev–Trinajstić information content (AvgIpc) is 2.96. The fraction of sp³-hybridized carbons (Fsp3) is 0.526. The van der Waals surface area contributed by atoms with Crippen LogP contribution in [0.15, 0.2) is 27.1 Å². The summed E-state index contributed by atoms with van der Waals surface area (Å²) in [5, 5.41) is 3.77. The number of aromatic nitrogens is 2. The van der Waals surface area contributed by atoms with Crippen molar-refractivity contribution in [1.82, 2.24) is 14.7 Å². The molecule has 0 saturated carbocycles. The molecule has 1 aromatic carbocycles. The second kappa shape index (κ2) is 8.85. The van der Waals surface area contributed by atoms with Gasteiger partial charge in [0.25, 0.3) is 0 Å². The first kappa shape index (κ1) is 22.4. The van der Waals surface area contributed by atoms with E-state index >= 15 is 0 Å². The van der Waals surface area contributed by atoms with E-state index in [0.29, 0.717) is 18.8 Å². The summed E-state index contributed by atoms with van der Waals surface area (Å²) in [4.78, 5) is 4.59. The summed E-state index contributed by atoms with van der Waals surface area (Å²) in [6.07, 6.45) is -4.46. The van der Waals surface area contributed by atoms with Gasteiger partial charge in [-0.1, -0.05) is 0 Å². The van der Waals surface area contributed by atoms with Crippen LogP contribution < -0.4 is 9.64 Å². The van der Waals surface area contributed by atoms with E-state index in [4.69, 9.17) is 4.74 Å². The van der Waals surface area contributed by atoms with Gasteiger partial charge in [-0.25, -0.2) is 0 Å². The van der Waals surface area contributed by atoms with Gasteiger partial charge in [0.1, 0.15) is 5.75 Å². The van der Waals surface area contributed by atoms with E-state index in [1.165, 1.54) is 4.68 Å². The first-order chi connectivity index (χ1) is 13.6. The molecule has 2 heterocycles. The molecular weight excluding hydrogens is 517 g/mol. The summed E-state index contributed by atoms with van der Waals surface area (Å²) in [6.45, 7) is 7.34. The van der Waals surface area contributed by atoms with Crippen LogP contribution in [0.4, 0.5) is 18.9 Å². The van der Waals surface area contributed by atoms with E-state index in [0.717, 1.165) is 35.5 Å². The van der Waals surface area contributed by atoms with Crippen molar-refractivity contribution in [3.63, 3.8) is 0 Å². The third kappa shape index (κ3) is 4.91. The zero-order valence-electron chi connectivity index (χ0n) is 16.4. The normalized spacial score (nSPS) is 18.3. The van der Waals surface area contributed by atoms with Crippen LogP contribution in [0.3, 0.4) is 0 Å². The second-order valence-corrected chi connectivity index (χ2v) is 8.77. The van der Waals surface area contributed by atoms with Crippen LogP contribution in [0.2, 0.25) is 0 Å². The third-order valence-corrected chi connectivity index (χ3v) is 6.87. The van der Waals surface area contributed by atoms with Crippen LogP contribution in [0, 0.1) is 6.92 Å². The van der Waals surface area contributed by atoms with Gasteiger partial charge in [0.05, 0.1) is 28.3 Å². The predicted octanol–water partition coefficient (Wildman–Crippen LogP) is 4.95. The van der Waals surface area contributed by atoms with Crippen LogP contribution in [0.1, 0.15) is 18.3 Å². The Labute approximate surface area is 185 Å². The lowest BCUT2D eigenvalue weighted by molar-refractivity contribution is -0.142. The van der Waals surface area contributed by atoms with Crippen molar-refractivity contribution in [3.05, 3.63) is 38.5 Å². The molecule has 0 spiro atoms. The molecule has 1 aromatic heterocycles. The molecule has 1 fully saturated rings. The zero-order chi connectivity index (χ0) is 21.3. The highest BCUT2D eigenvalue weighted by Gasteiger charge is 2.38. The van der Waals surface area contributed by atoms with Crippen molar-refractivity contribution in [3.8, 4) is 5.75 Å². The smallest absolute Gasteiger partial charge is 0.436 e. The van der Waals surface area contributed by atoms with Crippen molar-refractivity contribution >= 4 is 37.5 Å². The summed E-state index contributed by atoms with van der Waals surface area (Å²) in [6, 6.07) is 6.30. The van der Waals surface area contributed by atoms with Crippen molar-refractivity contribution in [1.29, 1.82) is 0 Å². The highest BCUT2D eigenvalue weighted by atomic mass is 79.9. The number of nitrogens with zero attached hydrogens (tertiary/aromatic N) is 4. The number of alkyl halides is 3. The van der Waals surface area contributed by atoms with E-state index in [1.807, 2.05) is 12.1 Å². The second-order valence-electron chi connectivity index (χ2n) is 7.12. The molecular formula is C19H23Br2F3N4O. The zero-order valence-corrected chi connectivity index (χ0v) is 19.6. The summed E-state index contributed by atoms with van der Waals surface area (Å²) in [5.74, 6) is 0.790. The molecule has 5 nitrogen and oxygen atoms in total. The molecule has 0 bridgehead atoms. The van der Waals surface area contributed by atoms with E-state index in [-0.39, 0.29) is 10.5 Å². The van der Waals surface area contributed by atoms with Gasteiger partial charge in [-0.15, -0.1) is 0 Å². The van der Waals surface area contributed by atoms with Gasteiger partial charge in [-0.05, 0) is 57.8 Å². The summed E-state index contributed by atoms with van der Waals surface area (Å²) >= 11 is 6.50. The Morgan fingerprint density at radius 1 is 1.21 bits per heavy atom. The Balaban J connectivity index is 1.63. The molecule has 1 aliphatic heterocycles. The summed E-state index contributed by atoms with van der Waals surface area (Å²) in [7, 11) is 1.64. The molecule has 1 aliphatic rings. The summed E-state index contributed by atoms with van der Waals surface area (Å²) in [5.41, 5.74) is 0.723. The number of methoxy groups -OCH3 is 1. The van der Waals surface area contributed by atoms with Gasteiger partial charge in [-0.2, -0.15) is 18.3 Å². The molecule has 2 aromatic rings. The Hall–Kier alpha value is -1.26. The maximum atomic E-state index is 13.0. The fourth-order valence-electron chi connectivity index (χ4n) is 3.55. The Morgan fingerprint density at radius 3 is 2.52 bits per heavy atom. The Morgan fingerprint density at radius 2 is 1.93 bits per heavy atom. The van der Waals surface area contributed by atoms with Crippen LogP contribution in [-0.2, 0) is 12.7 Å². The first-order valence-electron chi connectivity index (χ1n) is 9.24. The SMILES string of the molecule is COc1cc(N2CCN(CCn3nc(C(F)(F)F)c(Br)c3C)[C@@H](C)C2)ccc1Br. The minimum Gasteiger partial charge on any atom is -0.495 e. The largest absolute Gasteiger partial charge is 0.495 e. The van der Waals surface area contributed by atoms with Gasteiger partial charge in [0, 0.05) is 44.0 Å². The number of ether oxygens (including phenoxy) is 1. The maximum absolute atomic E-state index is 13.0. The number of hydrogen-bond acceptors (Lipinski definition) is 4. The highest BCUT2D eigenvalue weighted by molar-refractivity contribution is 9.10. The molecule has 0 radical (unpaired) electrons. The Bertz CT molecular complexity index is 872. The van der Waals surface area contributed by atoms with Crippen molar-refractivity contribution < 1.29 is 17.9 Å². The predicted molar refractivity (Wildman–Crippen MR) is 114 cm³/mol. The van der Waals surface area contributed by atoms with Crippen LogP contribution in [0.5, 0.6) is 5.75 Å². The third-order valence-electron chi connectivity index (χ3n) is 5.27. The number of piperazine rings is 1. The number of anilines is 1. The van der Waals surface area contributed by atoms with Crippen molar-refractivity contribution in [2.45, 2.75) is 32.6 Å². The number of rotatable bonds is 5. The van der Waals surface area contributed by atoms with Gasteiger partial charge < -0.3 is 9.64 Å². The molecule has 1 saturated heterocycles. The lowest BCUT2D eigenvalue weighted by Crippen LogP contribution is -2.52. The fourth-order valence-corrected chi connectivity index (χ4v) is 4.47. The average molecular weight is 540 g/mol. The molecule has 29 heavy (non-hydrogen) atoms. The van der Waals surface area contributed by atoms with E-state index in [1.54, 1.807) is 14.0 Å². The van der Waals surface area contributed by atoms with E-state index in [2.05, 4.69) is 59.7 Å². The lowest BCUT2D eigenvalue weighted by atomic mass is 10.1. The van der Waals surface area contributed by atoms with Crippen LogP contribution in [-0.4, -0.2) is 54.0 Å². The van der Waals surface area contributed by atoms with Gasteiger partial charge in [0.15, 0.2) is 5.69 Å². The quantitative estimate of drug-likeness (QED) is 0.538. The standard InChI is InChI=1S/C19H23Br2F3N4O/c1-12-11-27(14-4-5-15(20)16(10-14)29-3)7-6-26(12)8-9-28-13(2)17(21)18(25-28)19(22,23)24/h4-5,10,12H,6-9,11H2,1-3H3/t12-/m0/s1. The van der Waals surface area contributed by atoms with Gasteiger partial charge in [0.2, 0.25) is 0 Å². The highest BCUT2D eigenvalue weighted by Crippen LogP contribution is 2.35. The molecule has 0 N–H and O–H groups in total. The molecule has 1 atom stereocenters. The Kier molecular flexibility index (Phi) is 6.84. The molecule has 0 aliphatic carbocycles. The van der Waals surface area contributed by atoms with E-state index in [9.17, 15) is 13.2 Å². The van der Waals surface area contributed by atoms with Gasteiger partial charge in [-0.3, -0.25) is 9.58 Å². The van der Waals surface area contributed by atoms with Crippen LogP contribution >= 0.6 is 31.9 Å². The monoisotopic (exact) mass is 538 g/mol. The molecule has 3 rings (SSSR count). The molecule has 0 amide bonds. The molecule has 10 heteroatoms. The number of hydrogen-bond donors (Lipinski definition) is 0. The first-order valence-corrected chi connectivity index (χ1v) is 10.8. The van der Waals surface area contributed by atoms with Crippen molar-refractivity contribution in [2.75, 3.05) is 38.2 Å². The van der Waals surface area contributed by atoms with Crippen molar-refractivity contribution in [2.24, 2.45) is 0 Å². The number of halogens is 5. The lowest BCUT2D eigenvalue weighted by Gasteiger charge is -2.41. The molecule has 0 unspecified atom stereocenters. The maximum Gasteiger partial charge on any atom is 0.436 e. The van der Waals surface area contributed by atoms with Gasteiger partial charge >= 0.3 is 6.18 Å². The minimum atomic E-state index is -4.46. The minimum absolute atomic E-state index is 0.0204. The summed E-state index contributed by atoms with van der Waals surface area (Å²) < 4.78 is 46.9. The van der Waals surface area contributed by atoms with E-state index < -0.39 is 11.9 Å². The topological polar surface area (TPSA) is 33.5 Å².